The van der Waals surface area contributed by atoms with Crippen LogP contribution >= 0.6 is 0 Å². The second kappa shape index (κ2) is 7.41. The van der Waals surface area contributed by atoms with Crippen LogP contribution in [0.3, 0.4) is 0 Å². The Morgan fingerprint density at radius 1 is 1.33 bits per heavy atom. The smallest absolute Gasteiger partial charge is 0.0534 e. The number of nitrogens with one attached hydrogen (secondary N) is 1. The Bertz CT molecular complexity index is 424. The van der Waals surface area contributed by atoms with Crippen LogP contribution in [0.2, 0.25) is 0 Å². The molecule has 0 aromatic carbocycles. The average Bonchev–Trinajstić information content (AvgIpc) is 2.85. The van der Waals surface area contributed by atoms with Gasteiger partial charge in [0.15, 0.2) is 0 Å². The minimum atomic E-state index is 0.624. The molecule has 1 saturated heterocycles. The minimum Gasteiger partial charge on any atom is -0.311 e. The first-order valence-electron chi connectivity index (χ1n) is 8.48. The Morgan fingerprint density at radius 2 is 2.10 bits per heavy atom. The van der Waals surface area contributed by atoms with Crippen molar-refractivity contribution in [2.75, 3.05) is 13.1 Å². The van der Waals surface area contributed by atoms with Gasteiger partial charge in [-0.25, -0.2) is 0 Å². The molecule has 2 atom stereocenters. The minimum absolute atomic E-state index is 0.624. The van der Waals surface area contributed by atoms with Crippen LogP contribution in [0.15, 0.2) is 12.4 Å². The Balaban J connectivity index is 2.02. The van der Waals surface area contributed by atoms with Crippen LogP contribution in [0.25, 0.3) is 0 Å². The number of rotatable bonds is 6. The third kappa shape index (κ3) is 4.55. The van der Waals surface area contributed by atoms with Gasteiger partial charge in [-0.15, -0.1) is 0 Å². The van der Waals surface area contributed by atoms with E-state index >= 15 is 0 Å². The molecule has 0 radical (unpaired) electrons. The number of aromatic nitrogens is 2. The Kier molecular flexibility index (Phi) is 5.82. The number of hydrogen-bond acceptors (Lipinski definition) is 3. The summed E-state index contributed by atoms with van der Waals surface area (Å²) < 4.78 is 2.02. The van der Waals surface area contributed by atoms with Crippen LogP contribution in [0, 0.1) is 11.8 Å². The summed E-state index contributed by atoms with van der Waals surface area (Å²) in [5.41, 5.74) is 1.34. The third-order valence-corrected chi connectivity index (χ3v) is 4.46. The quantitative estimate of drug-likeness (QED) is 0.875. The molecule has 0 amide bonds. The van der Waals surface area contributed by atoms with Gasteiger partial charge in [0, 0.05) is 50.0 Å². The van der Waals surface area contributed by atoms with Gasteiger partial charge < -0.3 is 5.32 Å². The summed E-state index contributed by atoms with van der Waals surface area (Å²) in [7, 11) is 0. The van der Waals surface area contributed by atoms with Crippen LogP contribution in [0.1, 0.15) is 46.6 Å². The van der Waals surface area contributed by atoms with E-state index in [2.05, 4.69) is 56.1 Å². The van der Waals surface area contributed by atoms with Gasteiger partial charge in [0.25, 0.3) is 0 Å². The highest BCUT2D eigenvalue weighted by molar-refractivity contribution is 5.05. The van der Waals surface area contributed by atoms with E-state index in [1.54, 1.807) is 0 Å². The zero-order chi connectivity index (χ0) is 15.4. The molecule has 4 heteroatoms. The zero-order valence-corrected chi connectivity index (χ0v) is 14.3. The number of piperazine rings is 1. The fourth-order valence-corrected chi connectivity index (χ4v) is 3.36. The van der Waals surface area contributed by atoms with Gasteiger partial charge >= 0.3 is 0 Å². The van der Waals surface area contributed by atoms with Crippen LogP contribution in [-0.4, -0.2) is 39.9 Å². The lowest BCUT2D eigenvalue weighted by Gasteiger charge is -2.42. The van der Waals surface area contributed by atoms with Crippen molar-refractivity contribution in [1.82, 2.24) is 20.0 Å². The molecular formula is C17H32N4. The molecule has 4 nitrogen and oxygen atoms in total. The fraction of sp³-hybridized carbons (Fsp3) is 0.824. The zero-order valence-electron chi connectivity index (χ0n) is 14.3. The summed E-state index contributed by atoms with van der Waals surface area (Å²) in [4.78, 5) is 2.66. The summed E-state index contributed by atoms with van der Waals surface area (Å²) in [6.07, 6.45) is 5.48. The van der Waals surface area contributed by atoms with E-state index in [1.807, 2.05) is 10.9 Å². The molecule has 0 aliphatic carbocycles. The first-order chi connectivity index (χ1) is 9.99. The highest BCUT2D eigenvalue weighted by Gasteiger charge is 2.30. The maximum atomic E-state index is 4.41. The van der Waals surface area contributed by atoms with Crippen molar-refractivity contribution in [3.63, 3.8) is 0 Å². The van der Waals surface area contributed by atoms with Crippen molar-refractivity contribution in [1.29, 1.82) is 0 Å². The molecule has 1 aromatic heterocycles. The third-order valence-electron chi connectivity index (χ3n) is 4.46. The van der Waals surface area contributed by atoms with Crippen LogP contribution in [0.5, 0.6) is 0 Å². The molecule has 0 bridgehead atoms. The van der Waals surface area contributed by atoms with Crippen molar-refractivity contribution < 1.29 is 0 Å². The van der Waals surface area contributed by atoms with Gasteiger partial charge in [0.1, 0.15) is 0 Å². The van der Waals surface area contributed by atoms with Crippen molar-refractivity contribution in [3.8, 4) is 0 Å². The van der Waals surface area contributed by atoms with Crippen molar-refractivity contribution in [2.45, 2.75) is 66.2 Å². The molecule has 2 heterocycles. The van der Waals surface area contributed by atoms with E-state index in [4.69, 9.17) is 0 Å². The predicted molar refractivity (Wildman–Crippen MR) is 88.2 cm³/mol. The van der Waals surface area contributed by atoms with Gasteiger partial charge in [-0.3, -0.25) is 9.58 Å². The standard InChI is InChI=1S/C17H32N4/c1-6-21-11-15(8-19-21)10-20-12-16(7-13(2)3)18-9-17(20)14(4)5/h8,11,13-14,16-18H,6-7,9-10,12H2,1-5H3. The van der Waals surface area contributed by atoms with Gasteiger partial charge in [0.2, 0.25) is 0 Å². The van der Waals surface area contributed by atoms with Gasteiger partial charge in [0.05, 0.1) is 6.20 Å². The highest BCUT2D eigenvalue weighted by Crippen LogP contribution is 2.20. The van der Waals surface area contributed by atoms with E-state index < -0.39 is 0 Å². The van der Waals surface area contributed by atoms with E-state index in [0.717, 1.165) is 32.1 Å². The molecule has 21 heavy (non-hydrogen) atoms. The molecule has 0 spiro atoms. The molecule has 2 unspecified atom stereocenters. The lowest BCUT2D eigenvalue weighted by molar-refractivity contribution is 0.0852. The molecule has 1 aliphatic heterocycles. The van der Waals surface area contributed by atoms with Gasteiger partial charge in [-0.2, -0.15) is 5.10 Å². The summed E-state index contributed by atoms with van der Waals surface area (Å²) in [6.45, 7) is 15.7. The number of hydrogen-bond donors (Lipinski definition) is 1. The summed E-state index contributed by atoms with van der Waals surface area (Å²) in [6, 6.07) is 1.25. The van der Waals surface area contributed by atoms with Gasteiger partial charge in [-0.05, 0) is 25.2 Å². The number of nitrogens with zero attached hydrogens (tertiary/aromatic N) is 3. The van der Waals surface area contributed by atoms with Gasteiger partial charge in [-0.1, -0.05) is 27.7 Å². The SMILES string of the molecule is CCn1cc(CN2CC(CC(C)C)NCC2C(C)C)cn1. The van der Waals surface area contributed by atoms with E-state index in [-0.39, 0.29) is 0 Å². The Labute approximate surface area is 129 Å². The van der Waals surface area contributed by atoms with Crippen LogP contribution < -0.4 is 5.32 Å². The first kappa shape index (κ1) is 16.5. The Hall–Kier alpha value is -0.870. The molecule has 1 N–H and O–H groups in total. The highest BCUT2D eigenvalue weighted by atomic mass is 15.3. The molecule has 2 rings (SSSR count). The van der Waals surface area contributed by atoms with Crippen LogP contribution in [0.4, 0.5) is 0 Å². The van der Waals surface area contributed by atoms with Crippen LogP contribution in [-0.2, 0) is 13.1 Å². The van der Waals surface area contributed by atoms with E-state index in [9.17, 15) is 0 Å². The maximum Gasteiger partial charge on any atom is 0.0534 e. The molecule has 1 aromatic rings. The molecular weight excluding hydrogens is 260 g/mol. The van der Waals surface area contributed by atoms with E-state index in [1.165, 1.54) is 12.0 Å². The second-order valence-corrected chi connectivity index (χ2v) is 7.18. The summed E-state index contributed by atoms with van der Waals surface area (Å²) in [5.74, 6) is 1.43. The van der Waals surface area contributed by atoms with Crippen molar-refractivity contribution >= 4 is 0 Å². The molecule has 0 saturated carbocycles. The average molecular weight is 292 g/mol. The Morgan fingerprint density at radius 3 is 2.67 bits per heavy atom. The molecule has 120 valence electrons. The monoisotopic (exact) mass is 292 g/mol. The van der Waals surface area contributed by atoms with Crippen molar-refractivity contribution in [3.05, 3.63) is 18.0 Å². The predicted octanol–water partition coefficient (Wildman–Crippen LogP) is 2.75. The summed E-state index contributed by atoms with van der Waals surface area (Å²) in [5, 5.41) is 8.16. The molecule has 1 aliphatic rings. The molecule has 1 fully saturated rings. The first-order valence-corrected chi connectivity index (χ1v) is 8.48. The number of aryl methyl sites for hydroxylation is 1. The normalized spacial score (nSPS) is 24.1. The maximum absolute atomic E-state index is 4.41. The lowest BCUT2D eigenvalue weighted by Crippen LogP contribution is -2.58. The lowest BCUT2D eigenvalue weighted by atomic mass is 9.94. The van der Waals surface area contributed by atoms with E-state index in [0.29, 0.717) is 18.0 Å². The largest absolute Gasteiger partial charge is 0.311 e. The summed E-state index contributed by atoms with van der Waals surface area (Å²) >= 11 is 0. The van der Waals surface area contributed by atoms with Crippen molar-refractivity contribution in [2.24, 2.45) is 11.8 Å². The fourth-order valence-electron chi connectivity index (χ4n) is 3.36. The second-order valence-electron chi connectivity index (χ2n) is 7.18. The topological polar surface area (TPSA) is 33.1 Å².